The van der Waals surface area contributed by atoms with E-state index < -0.39 is 5.91 Å². The molecule has 0 fully saturated rings. The summed E-state index contributed by atoms with van der Waals surface area (Å²) in [6, 6.07) is 5.00. The Morgan fingerprint density at radius 2 is 2.17 bits per heavy atom. The fourth-order valence-corrected chi connectivity index (χ4v) is 1.49. The van der Waals surface area contributed by atoms with Gasteiger partial charge in [-0.2, -0.15) is 0 Å². The Morgan fingerprint density at radius 3 is 2.72 bits per heavy atom. The van der Waals surface area contributed by atoms with Crippen molar-refractivity contribution < 1.29 is 9.53 Å². The lowest BCUT2D eigenvalue weighted by atomic mass is 10.1. The number of hydrogen-bond donors (Lipinski definition) is 3. The molecule has 1 aromatic rings. The highest BCUT2D eigenvalue weighted by Crippen LogP contribution is 2.19. The lowest BCUT2D eigenvalue weighted by Crippen LogP contribution is -2.13. The first kappa shape index (κ1) is 14.3. The lowest BCUT2D eigenvalue weighted by molar-refractivity contribution is 0.0787. The van der Waals surface area contributed by atoms with Crippen LogP contribution in [0.1, 0.15) is 30.6 Å². The van der Waals surface area contributed by atoms with Crippen molar-refractivity contribution in [3.05, 3.63) is 23.8 Å². The number of nitrogen functional groups attached to an aromatic ring is 1. The summed E-state index contributed by atoms with van der Waals surface area (Å²) in [5.74, 6) is -0.474. The van der Waals surface area contributed by atoms with Crippen LogP contribution in [0.3, 0.4) is 0 Å². The smallest absolute Gasteiger partial charge is 0.248 e. The van der Waals surface area contributed by atoms with E-state index in [0.717, 1.165) is 18.7 Å². The van der Waals surface area contributed by atoms with Gasteiger partial charge in [0.05, 0.1) is 17.5 Å². The molecule has 0 saturated carbocycles. The molecule has 100 valence electrons. The number of ether oxygens (including phenoxy) is 1. The lowest BCUT2D eigenvalue weighted by Gasteiger charge is -2.11. The van der Waals surface area contributed by atoms with Crippen LogP contribution in [0.5, 0.6) is 0 Å². The Morgan fingerprint density at radius 1 is 1.44 bits per heavy atom. The molecule has 0 radical (unpaired) electrons. The van der Waals surface area contributed by atoms with Crippen LogP contribution in [0.25, 0.3) is 0 Å². The maximum Gasteiger partial charge on any atom is 0.248 e. The zero-order valence-electron chi connectivity index (χ0n) is 10.9. The predicted octanol–water partition coefficient (Wildman–Crippen LogP) is 1.59. The second-order valence-corrected chi connectivity index (χ2v) is 4.37. The number of nitrogens with two attached hydrogens (primary N) is 2. The van der Waals surface area contributed by atoms with Crippen LogP contribution in [0, 0.1) is 0 Å². The highest BCUT2D eigenvalue weighted by molar-refractivity contribution is 5.94. The molecular weight excluding hydrogens is 230 g/mol. The van der Waals surface area contributed by atoms with Gasteiger partial charge in [-0.25, -0.2) is 0 Å². The van der Waals surface area contributed by atoms with Crippen LogP contribution < -0.4 is 16.8 Å². The van der Waals surface area contributed by atoms with E-state index in [0.29, 0.717) is 17.9 Å². The van der Waals surface area contributed by atoms with E-state index in [2.05, 4.69) is 5.32 Å². The molecular formula is C13H21N3O2. The van der Waals surface area contributed by atoms with Crippen LogP contribution in [-0.2, 0) is 4.74 Å². The molecule has 1 rings (SSSR count). The van der Waals surface area contributed by atoms with Crippen molar-refractivity contribution in [3.63, 3.8) is 0 Å². The number of benzene rings is 1. The Kier molecular flexibility index (Phi) is 5.45. The molecule has 0 aromatic heterocycles. The summed E-state index contributed by atoms with van der Waals surface area (Å²) in [5.41, 5.74) is 12.7. The summed E-state index contributed by atoms with van der Waals surface area (Å²) in [4.78, 5) is 11.0. The summed E-state index contributed by atoms with van der Waals surface area (Å²) >= 11 is 0. The van der Waals surface area contributed by atoms with Gasteiger partial charge < -0.3 is 21.5 Å². The number of anilines is 2. The molecule has 0 spiro atoms. The summed E-state index contributed by atoms with van der Waals surface area (Å²) in [7, 11) is 0. The number of rotatable bonds is 7. The van der Waals surface area contributed by atoms with E-state index in [-0.39, 0.29) is 6.10 Å². The van der Waals surface area contributed by atoms with Gasteiger partial charge in [-0.15, -0.1) is 0 Å². The highest BCUT2D eigenvalue weighted by Gasteiger charge is 2.04. The molecule has 0 heterocycles. The molecule has 5 heteroatoms. The van der Waals surface area contributed by atoms with Crippen molar-refractivity contribution in [1.29, 1.82) is 0 Å². The summed E-state index contributed by atoms with van der Waals surface area (Å²) in [6.07, 6.45) is 1.15. The van der Waals surface area contributed by atoms with Crippen molar-refractivity contribution in [2.24, 2.45) is 5.73 Å². The number of carbonyl (C=O) groups excluding carboxylic acids is 1. The van der Waals surface area contributed by atoms with Gasteiger partial charge >= 0.3 is 0 Å². The van der Waals surface area contributed by atoms with Crippen molar-refractivity contribution in [3.8, 4) is 0 Å². The fourth-order valence-electron chi connectivity index (χ4n) is 1.49. The number of nitrogens with one attached hydrogen (secondary N) is 1. The second kappa shape index (κ2) is 6.86. The fraction of sp³-hybridized carbons (Fsp3) is 0.462. The molecule has 5 N–H and O–H groups in total. The van der Waals surface area contributed by atoms with Crippen molar-refractivity contribution in [2.75, 3.05) is 24.2 Å². The van der Waals surface area contributed by atoms with E-state index >= 15 is 0 Å². The highest BCUT2D eigenvalue weighted by atomic mass is 16.5. The van der Waals surface area contributed by atoms with Gasteiger partial charge in [-0.3, -0.25) is 4.79 Å². The van der Waals surface area contributed by atoms with Crippen molar-refractivity contribution in [1.82, 2.24) is 0 Å². The van der Waals surface area contributed by atoms with Gasteiger partial charge in [-0.05, 0) is 38.5 Å². The molecule has 0 atom stereocenters. The topological polar surface area (TPSA) is 90.4 Å². The Balaban J connectivity index is 2.41. The van der Waals surface area contributed by atoms with Gasteiger partial charge in [0, 0.05) is 18.7 Å². The Hall–Kier alpha value is -1.75. The predicted molar refractivity (Wildman–Crippen MR) is 73.6 cm³/mol. The maximum absolute atomic E-state index is 11.0. The number of carbonyl (C=O) groups is 1. The molecule has 0 aliphatic carbocycles. The SMILES string of the molecule is CC(C)OCCCNc1ccc(C(N)=O)cc1N. The number of amides is 1. The summed E-state index contributed by atoms with van der Waals surface area (Å²) in [6.45, 7) is 5.50. The Labute approximate surface area is 107 Å². The zero-order valence-corrected chi connectivity index (χ0v) is 10.9. The maximum atomic E-state index is 11.0. The average molecular weight is 251 g/mol. The molecule has 1 amide bonds. The van der Waals surface area contributed by atoms with E-state index in [1.54, 1.807) is 18.2 Å². The molecule has 0 aliphatic rings. The zero-order chi connectivity index (χ0) is 13.5. The standard InChI is InChI=1S/C13H21N3O2/c1-9(2)18-7-3-6-16-12-5-4-10(13(15)17)8-11(12)14/h4-5,8-9,16H,3,6-7,14H2,1-2H3,(H2,15,17). The van der Waals surface area contributed by atoms with Crippen LogP contribution in [0.4, 0.5) is 11.4 Å². The first-order valence-corrected chi connectivity index (χ1v) is 6.05. The van der Waals surface area contributed by atoms with E-state index in [1.165, 1.54) is 0 Å². The van der Waals surface area contributed by atoms with Crippen molar-refractivity contribution >= 4 is 17.3 Å². The van der Waals surface area contributed by atoms with Crippen molar-refractivity contribution in [2.45, 2.75) is 26.4 Å². The number of primary amides is 1. The van der Waals surface area contributed by atoms with Crippen LogP contribution in [0.2, 0.25) is 0 Å². The minimum atomic E-state index is -0.474. The van der Waals surface area contributed by atoms with Gasteiger partial charge in [0.1, 0.15) is 0 Å². The third-order valence-corrected chi connectivity index (χ3v) is 2.42. The third kappa shape index (κ3) is 4.63. The molecule has 0 bridgehead atoms. The monoisotopic (exact) mass is 251 g/mol. The normalized spacial score (nSPS) is 10.6. The molecule has 0 unspecified atom stereocenters. The van der Waals surface area contributed by atoms with Gasteiger partial charge in [0.15, 0.2) is 0 Å². The largest absolute Gasteiger partial charge is 0.397 e. The molecule has 5 nitrogen and oxygen atoms in total. The average Bonchev–Trinajstić information content (AvgIpc) is 2.29. The molecule has 1 aromatic carbocycles. The van der Waals surface area contributed by atoms with Gasteiger partial charge in [-0.1, -0.05) is 0 Å². The molecule has 0 aliphatic heterocycles. The molecule has 0 saturated heterocycles. The summed E-state index contributed by atoms with van der Waals surface area (Å²) < 4.78 is 5.43. The number of hydrogen-bond acceptors (Lipinski definition) is 4. The minimum Gasteiger partial charge on any atom is -0.397 e. The first-order valence-electron chi connectivity index (χ1n) is 6.05. The van der Waals surface area contributed by atoms with E-state index in [9.17, 15) is 4.79 Å². The van der Waals surface area contributed by atoms with Crippen LogP contribution in [-0.4, -0.2) is 25.2 Å². The van der Waals surface area contributed by atoms with Crippen LogP contribution >= 0.6 is 0 Å². The van der Waals surface area contributed by atoms with Gasteiger partial charge in [0.25, 0.3) is 0 Å². The second-order valence-electron chi connectivity index (χ2n) is 4.37. The van der Waals surface area contributed by atoms with Gasteiger partial charge in [0.2, 0.25) is 5.91 Å². The van der Waals surface area contributed by atoms with E-state index in [1.807, 2.05) is 13.8 Å². The first-order chi connectivity index (χ1) is 8.50. The molecule has 18 heavy (non-hydrogen) atoms. The van der Waals surface area contributed by atoms with Crippen LogP contribution in [0.15, 0.2) is 18.2 Å². The third-order valence-electron chi connectivity index (χ3n) is 2.42. The quantitative estimate of drug-likeness (QED) is 0.507. The minimum absolute atomic E-state index is 0.255. The van der Waals surface area contributed by atoms with E-state index in [4.69, 9.17) is 16.2 Å². The summed E-state index contributed by atoms with van der Waals surface area (Å²) in [5, 5.41) is 3.20. The Bertz CT molecular complexity index is 405.